The molecule has 0 fully saturated rings. The van der Waals surface area contributed by atoms with Crippen LogP contribution in [0.2, 0.25) is 10.2 Å². The molecular weight excluding hydrogens is 267 g/mol. The molecular formula is C10H10Cl2N2O3. The van der Waals surface area contributed by atoms with Crippen LogP contribution in [0.4, 0.5) is 0 Å². The van der Waals surface area contributed by atoms with Crippen molar-refractivity contribution in [2.75, 3.05) is 13.7 Å². The highest BCUT2D eigenvalue weighted by Crippen LogP contribution is 2.19. The van der Waals surface area contributed by atoms with Gasteiger partial charge in [0.15, 0.2) is 0 Å². The van der Waals surface area contributed by atoms with Crippen LogP contribution in [0.1, 0.15) is 16.8 Å². The summed E-state index contributed by atoms with van der Waals surface area (Å²) < 4.78 is 4.43. The first-order chi connectivity index (χ1) is 8.04. The first kappa shape index (κ1) is 13.7. The summed E-state index contributed by atoms with van der Waals surface area (Å²) >= 11 is 11.3. The summed E-state index contributed by atoms with van der Waals surface area (Å²) in [5.74, 6) is -0.766. The summed E-state index contributed by atoms with van der Waals surface area (Å²) in [4.78, 5) is 26.1. The summed E-state index contributed by atoms with van der Waals surface area (Å²) in [5.41, 5.74) is 0.282. The first-order valence-corrected chi connectivity index (χ1v) is 5.46. The summed E-state index contributed by atoms with van der Waals surface area (Å²) in [6.07, 6.45) is 1.42. The zero-order valence-electron chi connectivity index (χ0n) is 9.00. The Hall–Kier alpha value is -1.33. The maximum atomic E-state index is 11.6. The summed E-state index contributed by atoms with van der Waals surface area (Å²) in [6, 6.07) is 1.41. The maximum Gasteiger partial charge on any atom is 0.307 e. The van der Waals surface area contributed by atoms with Gasteiger partial charge < -0.3 is 10.1 Å². The quantitative estimate of drug-likeness (QED) is 0.671. The minimum Gasteiger partial charge on any atom is -0.469 e. The lowest BCUT2D eigenvalue weighted by Gasteiger charge is -2.04. The number of esters is 1. The SMILES string of the molecule is COC(=O)CCNC(=O)c1cnc(Cl)c(Cl)c1. The number of amides is 1. The average Bonchev–Trinajstić information content (AvgIpc) is 2.32. The number of ether oxygens (including phenoxy) is 1. The molecule has 1 aromatic rings. The number of carbonyl (C=O) groups is 2. The molecule has 17 heavy (non-hydrogen) atoms. The number of rotatable bonds is 4. The Balaban J connectivity index is 2.52. The topological polar surface area (TPSA) is 68.3 Å². The van der Waals surface area contributed by atoms with E-state index in [2.05, 4.69) is 15.0 Å². The molecule has 0 atom stereocenters. The number of hydrogen-bond donors (Lipinski definition) is 1. The molecule has 92 valence electrons. The molecule has 0 aliphatic rings. The highest BCUT2D eigenvalue weighted by atomic mass is 35.5. The van der Waals surface area contributed by atoms with E-state index in [1.807, 2.05) is 0 Å². The molecule has 0 aliphatic carbocycles. The van der Waals surface area contributed by atoms with E-state index in [1.165, 1.54) is 19.4 Å². The standard InChI is InChI=1S/C10H10Cl2N2O3/c1-17-8(15)2-3-13-10(16)6-4-7(11)9(12)14-5-6/h4-5H,2-3H2,1H3,(H,13,16). The Labute approximate surface area is 108 Å². The molecule has 0 saturated carbocycles. The van der Waals surface area contributed by atoms with Gasteiger partial charge in [-0.15, -0.1) is 0 Å². The molecule has 0 bridgehead atoms. The Morgan fingerprint density at radius 1 is 1.47 bits per heavy atom. The lowest BCUT2D eigenvalue weighted by Crippen LogP contribution is -2.26. The van der Waals surface area contributed by atoms with Gasteiger partial charge in [-0.05, 0) is 6.07 Å². The third kappa shape index (κ3) is 4.20. The fourth-order valence-corrected chi connectivity index (χ4v) is 1.30. The Morgan fingerprint density at radius 3 is 2.76 bits per heavy atom. The molecule has 0 saturated heterocycles. The third-order valence-electron chi connectivity index (χ3n) is 1.90. The second kappa shape index (κ2) is 6.42. The number of halogens is 2. The molecule has 0 radical (unpaired) electrons. The van der Waals surface area contributed by atoms with E-state index in [0.29, 0.717) is 0 Å². The summed E-state index contributed by atoms with van der Waals surface area (Å²) in [6.45, 7) is 0.186. The van der Waals surface area contributed by atoms with Gasteiger partial charge >= 0.3 is 5.97 Å². The summed E-state index contributed by atoms with van der Waals surface area (Å²) in [5, 5.41) is 2.87. The van der Waals surface area contributed by atoms with Crippen molar-refractivity contribution in [1.29, 1.82) is 0 Å². The predicted molar refractivity (Wildman–Crippen MR) is 63.2 cm³/mol. The zero-order chi connectivity index (χ0) is 12.8. The van der Waals surface area contributed by atoms with Crippen LogP contribution in [-0.4, -0.2) is 30.5 Å². The largest absolute Gasteiger partial charge is 0.469 e. The number of nitrogens with one attached hydrogen (secondary N) is 1. The highest BCUT2D eigenvalue weighted by Gasteiger charge is 2.09. The fraction of sp³-hybridized carbons (Fsp3) is 0.300. The van der Waals surface area contributed by atoms with Crippen LogP contribution >= 0.6 is 23.2 Å². The average molecular weight is 277 g/mol. The molecule has 1 aromatic heterocycles. The van der Waals surface area contributed by atoms with Gasteiger partial charge in [0, 0.05) is 12.7 Å². The van der Waals surface area contributed by atoms with Crippen LogP contribution in [0, 0.1) is 0 Å². The lowest BCUT2D eigenvalue weighted by atomic mass is 10.2. The molecule has 1 N–H and O–H groups in total. The number of pyridine rings is 1. The molecule has 7 heteroatoms. The highest BCUT2D eigenvalue weighted by molar-refractivity contribution is 6.41. The van der Waals surface area contributed by atoms with Crippen LogP contribution in [0.25, 0.3) is 0 Å². The molecule has 0 unspecified atom stereocenters. The van der Waals surface area contributed by atoms with Crippen molar-refractivity contribution >= 4 is 35.1 Å². The van der Waals surface area contributed by atoms with Crippen molar-refractivity contribution in [2.45, 2.75) is 6.42 Å². The number of aromatic nitrogens is 1. The van der Waals surface area contributed by atoms with E-state index in [1.54, 1.807) is 0 Å². The van der Waals surface area contributed by atoms with Crippen LogP contribution in [0.3, 0.4) is 0 Å². The van der Waals surface area contributed by atoms with Gasteiger partial charge in [-0.2, -0.15) is 0 Å². The summed E-state index contributed by atoms with van der Waals surface area (Å²) in [7, 11) is 1.28. The molecule has 0 aromatic carbocycles. The monoisotopic (exact) mass is 276 g/mol. The van der Waals surface area contributed by atoms with E-state index in [4.69, 9.17) is 23.2 Å². The number of carbonyl (C=O) groups excluding carboxylic acids is 2. The van der Waals surface area contributed by atoms with Gasteiger partial charge in [-0.25, -0.2) is 4.98 Å². The van der Waals surface area contributed by atoms with Crippen LogP contribution in [0.5, 0.6) is 0 Å². The van der Waals surface area contributed by atoms with E-state index >= 15 is 0 Å². The van der Waals surface area contributed by atoms with E-state index in [9.17, 15) is 9.59 Å². The fourth-order valence-electron chi connectivity index (χ4n) is 1.03. The minimum absolute atomic E-state index is 0.108. The number of hydrogen-bond acceptors (Lipinski definition) is 4. The smallest absolute Gasteiger partial charge is 0.307 e. The van der Waals surface area contributed by atoms with Crippen molar-refractivity contribution in [3.8, 4) is 0 Å². The van der Waals surface area contributed by atoms with Gasteiger partial charge in [0.1, 0.15) is 5.15 Å². The predicted octanol–water partition coefficient (Wildman–Crippen LogP) is 1.68. The van der Waals surface area contributed by atoms with E-state index < -0.39 is 5.97 Å². The van der Waals surface area contributed by atoms with Crippen molar-refractivity contribution in [3.05, 3.63) is 28.0 Å². The van der Waals surface area contributed by atoms with Gasteiger partial charge in [0.25, 0.3) is 5.91 Å². The van der Waals surface area contributed by atoms with E-state index in [-0.39, 0.29) is 34.6 Å². The Bertz CT molecular complexity index is 438. The van der Waals surface area contributed by atoms with Crippen LogP contribution in [-0.2, 0) is 9.53 Å². The molecule has 5 nitrogen and oxygen atoms in total. The molecule has 0 aliphatic heterocycles. The normalized spacial score (nSPS) is 9.82. The van der Waals surface area contributed by atoms with Gasteiger partial charge in [0.2, 0.25) is 0 Å². The van der Waals surface area contributed by atoms with Crippen LogP contribution in [0.15, 0.2) is 12.3 Å². The third-order valence-corrected chi connectivity index (χ3v) is 2.59. The van der Waals surface area contributed by atoms with Crippen molar-refractivity contribution in [1.82, 2.24) is 10.3 Å². The van der Waals surface area contributed by atoms with E-state index in [0.717, 1.165) is 0 Å². The molecule has 1 amide bonds. The van der Waals surface area contributed by atoms with Gasteiger partial charge in [-0.1, -0.05) is 23.2 Å². The van der Waals surface area contributed by atoms with Crippen molar-refractivity contribution in [2.24, 2.45) is 0 Å². The first-order valence-electron chi connectivity index (χ1n) is 4.70. The second-order valence-electron chi connectivity index (χ2n) is 3.08. The van der Waals surface area contributed by atoms with Crippen molar-refractivity contribution < 1.29 is 14.3 Å². The zero-order valence-corrected chi connectivity index (χ0v) is 10.5. The minimum atomic E-state index is -0.391. The lowest BCUT2D eigenvalue weighted by molar-refractivity contribution is -0.140. The molecule has 1 heterocycles. The Morgan fingerprint density at radius 2 is 2.18 bits per heavy atom. The second-order valence-corrected chi connectivity index (χ2v) is 3.84. The number of methoxy groups -OCH3 is 1. The molecule has 1 rings (SSSR count). The molecule has 0 spiro atoms. The Kier molecular flexibility index (Phi) is 5.18. The number of nitrogens with zero attached hydrogens (tertiary/aromatic N) is 1. The van der Waals surface area contributed by atoms with Gasteiger partial charge in [0.05, 0.1) is 24.1 Å². The van der Waals surface area contributed by atoms with Crippen LogP contribution < -0.4 is 5.32 Å². The van der Waals surface area contributed by atoms with Crippen molar-refractivity contribution in [3.63, 3.8) is 0 Å². The maximum absolute atomic E-state index is 11.6. The van der Waals surface area contributed by atoms with Gasteiger partial charge in [-0.3, -0.25) is 9.59 Å².